The average Bonchev–Trinajstić information content (AvgIpc) is 3.13. The first kappa shape index (κ1) is 19.5. The van der Waals surface area contributed by atoms with Gasteiger partial charge in [0.25, 0.3) is 0 Å². The molecule has 0 fully saturated rings. The zero-order chi connectivity index (χ0) is 21.1. The van der Waals surface area contributed by atoms with Gasteiger partial charge in [0, 0.05) is 5.56 Å². The van der Waals surface area contributed by atoms with Gasteiger partial charge in [-0.15, -0.1) is 0 Å². The van der Waals surface area contributed by atoms with E-state index in [-0.39, 0.29) is 5.56 Å². The smallest absolute Gasteiger partial charge is 0.335 e. The zero-order valence-electron chi connectivity index (χ0n) is 16.1. The molecule has 0 atom stereocenters. The molecule has 0 aliphatic carbocycles. The standard InChI is InChI=1S/C23H18N4O2S/c1-15-6-2-3-11-20(15)21-25-26-23(30)27(21)24-14-16-7-4-8-17(12-16)18-9-5-10-19(13-18)22(28)29/h2-14H,1H3,(H,26,30)(H,28,29)/b24-14+. The lowest BCUT2D eigenvalue weighted by Crippen LogP contribution is -1.97. The summed E-state index contributed by atoms with van der Waals surface area (Å²) in [7, 11) is 0. The van der Waals surface area contributed by atoms with Crippen LogP contribution in [0.15, 0.2) is 77.9 Å². The molecule has 4 rings (SSSR count). The number of carboxylic acid groups (broad SMARTS) is 1. The lowest BCUT2D eigenvalue weighted by molar-refractivity contribution is 0.0697. The van der Waals surface area contributed by atoms with Gasteiger partial charge in [-0.1, -0.05) is 54.6 Å². The molecule has 0 amide bonds. The second-order valence-electron chi connectivity index (χ2n) is 6.74. The fourth-order valence-electron chi connectivity index (χ4n) is 3.15. The molecule has 0 aliphatic heterocycles. The van der Waals surface area contributed by atoms with Crippen molar-refractivity contribution in [1.29, 1.82) is 0 Å². The number of aromatic carboxylic acids is 1. The van der Waals surface area contributed by atoms with Crippen LogP contribution in [0.3, 0.4) is 0 Å². The van der Waals surface area contributed by atoms with Crippen LogP contribution in [-0.2, 0) is 0 Å². The van der Waals surface area contributed by atoms with Crippen molar-refractivity contribution in [2.24, 2.45) is 5.10 Å². The first-order valence-corrected chi connectivity index (χ1v) is 9.65. The highest BCUT2D eigenvalue weighted by atomic mass is 32.1. The van der Waals surface area contributed by atoms with E-state index < -0.39 is 5.97 Å². The molecule has 1 aromatic heterocycles. The number of H-pyrrole nitrogens is 1. The fourth-order valence-corrected chi connectivity index (χ4v) is 3.33. The molecule has 148 valence electrons. The van der Waals surface area contributed by atoms with Crippen molar-refractivity contribution in [2.75, 3.05) is 0 Å². The van der Waals surface area contributed by atoms with E-state index in [4.69, 9.17) is 12.2 Å². The van der Waals surface area contributed by atoms with Crippen molar-refractivity contribution in [1.82, 2.24) is 14.9 Å². The van der Waals surface area contributed by atoms with Crippen LogP contribution in [0.5, 0.6) is 0 Å². The summed E-state index contributed by atoms with van der Waals surface area (Å²) in [5.41, 5.74) is 4.85. The maximum atomic E-state index is 11.2. The van der Waals surface area contributed by atoms with Crippen LogP contribution < -0.4 is 0 Å². The highest BCUT2D eigenvalue weighted by Gasteiger charge is 2.10. The van der Waals surface area contributed by atoms with Gasteiger partial charge in [0.1, 0.15) is 0 Å². The number of nitrogens with one attached hydrogen (secondary N) is 1. The summed E-state index contributed by atoms with van der Waals surface area (Å²) in [4.78, 5) is 11.2. The summed E-state index contributed by atoms with van der Waals surface area (Å²) in [6.45, 7) is 2.01. The Bertz CT molecular complexity index is 1320. The molecule has 3 aromatic carbocycles. The first-order chi connectivity index (χ1) is 14.5. The van der Waals surface area contributed by atoms with Gasteiger partial charge in [-0.05, 0) is 59.6 Å². The molecular formula is C23H18N4O2S. The molecule has 0 aliphatic rings. The number of aromatic amines is 1. The number of carbonyl (C=O) groups is 1. The highest BCUT2D eigenvalue weighted by molar-refractivity contribution is 7.71. The largest absolute Gasteiger partial charge is 0.478 e. The van der Waals surface area contributed by atoms with Crippen molar-refractivity contribution in [3.63, 3.8) is 0 Å². The predicted molar refractivity (Wildman–Crippen MR) is 119 cm³/mol. The minimum absolute atomic E-state index is 0.249. The monoisotopic (exact) mass is 414 g/mol. The first-order valence-electron chi connectivity index (χ1n) is 9.24. The number of aryl methyl sites for hydroxylation is 1. The minimum Gasteiger partial charge on any atom is -0.478 e. The number of hydrogen-bond donors (Lipinski definition) is 2. The van der Waals surface area contributed by atoms with Crippen LogP contribution in [0, 0.1) is 11.7 Å². The van der Waals surface area contributed by atoms with E-state index in [0.717, 1.165) is 27.8 Å². The van der Waals surface area contributed by atoms with Crippen molar-refractivity contribution < 1.29 is 9.90 Å². The molecule has 0 saturated heterocycles. The summed E-state index contributed by atoms with van der Waals surface area (Å²) in [5.74, 6) is -0.313. The number of hydrogen-bond acceptors (Lipinski definition) is 4. The summed E-state index contributed by atoms with van der Waals surface area (Å²) >= 11 is 5.35. The number of benzene rings is 3. The average molecular weight is 414 g/mol. The Labute approximate surface area is 178 Å². The van der Waals surface area contributed by atoms with Gasteiger partial charge in [0.05, 0.1) is 11.8 Å². The van der Waals surface area contributed by atoms with Crippen LogP contribution in [-0.4, -0.2) is 32.2 Å². The van der Waals surface area contributed by atoms with E-state index in [9.17, 15) is 9.90 Å². The van der Waals surface area contributed by atoms with Gasteiger partial charge >= 0.3 is 5.97 Å². The summed E-state index contributed by atoms with van der Waals surface area (Å²) in [6, 6.07) is 22.4. The Morgan fingerprint density at radius 1 is 1.07 bits per heavy atom. The quantitative estimate of drug-likeness (QED) is 0.349. The Balaban J connectivity index is 1.69. The summed E-state index contributed by atoms with van der Waals surface area (Å²) < 4.78 is 1.99. The molecule has 30 heavy (non-hydrogen) atoms. The maximum Gasteiger partial charge on any atom is 0.335 e. The fraction of sp³-hybridized carbons (Fsp3) is 0.0435. The third kappa shape index (κ3) is 3.97. The van der Waals surface area contributed by atoms with Crippen molar-refractivity contribution in [3.05, 3.63) is 94.3 Å². The van der Waals surface area contributed by atoms with Crippen molar-refractivity contribution in [3.8, 4) is 22.5 Å². The Kier molecular flexibility index (Phi) is 5.36. The third-order valence-electron chi connectivity index (χ3n) is 4.69. The Morgan fingerprint density at radius 3 is 2.57 bits per heavy atom. The summed E-state index contributed by atoms with van der Waals surface area (Å²) in [5, 5.41) is 20.9. The van der Waals surface area contributed by atoms with Crippen LogP contribution >= 0.6 is 12.2 Å². The van der Waals surface area contributed by atoms with Gasteiger partial charge < -0.3 is 5.11 Å². The van der Waals surface area contributed by atoms with Crippen LogP contribution in [0.1, 0.15) is 21.5 Å². The Morgan fingerprint density at radius 2 is 1.80 bits per heavy atom. The van der Waals surface area contributed by atoms with E-state index in [2.05, 4.69) is 15.3 Å². The van der Waals surface area contributed by atoms with Crippen LogP contribution in [0.2, 0.25) is 0 Å². The van der Waals surface area contributed by atoms with E-state index >= 15 is 0 Å². The molecule has 0 radical (unpaired) electrons. The molecule has 0 spiro atoms. The van der Waals surface area contributed by atoms with E-state index in [1.54, 1.807) is 29.1 Å². The lowest BCUT2D eigenvalue weighted by Gasteiger charge is -2.05. The van der Waals surface area contributed by atoms with Crippen LogP contribution in [0.25, 0.3) is 22.5 Å². The lowest BCUT2D eigenvalue weighted by atomic mass is 10.0. The number of nitrogens with zero attached hydrogens (tertiary/aromatic N) is 3. The SMILES string of the molecule is Cc1ccccc1-c1n[nH]c(=S)n1/N=C/c1cccc(-c2cccc(C(=O)O)c2)c1. The topological polar surface area (TPSA) is 83.3 Å². The molecule has 7 heteroatoms. The molecule has 6 nitrogen and oxygen atoms in total. The number of aromatic nitrogens is 3. The molecule has 1 heterocycles. The molecule has 0 unspecified atom stereocenters. The van der Waals surface area contributed by atoms with Crippen LogP contribution in [0.4, 0.5) is 0 Å². The van der Waals surface area contributed by atoms with Gasteiger partial charge in [-0.25, -0.2) is 9.89 Å². The predicted octanol–water partition coefficient (Wildman–Crippen LogP) is 5.16. The summed E-state index contributed by atoms with van der Waals surface area (Å²) in [6.07, 6.45) is 1.71. The molecular weight excluding hydrogens is 396 g/mol. The van der Waals surface area contributed by atoms with Gasteiger partial charge in [0.15, 0.2) is 5.82 Å². The number of carboxylic acids is 1. The van der Waals surface area contributed by atoms with E-state index in [1.807, 2.05) is 61.5 Å². The molecule has 0 saturated carbocycles. The molecule has 2 N–H and O–H groups in total. The highest BCUT2D eigenvalue weighted by Crippen LogP contribution is 2.23. The second-order valence-corrected chi connectivity index (χ2v) is 7.12. The second kappa shape index (κ2) is 8.26. The third-order valence-corrected chi connectivity index (χ3v) is 4.95. The van der Waals surface area contributed by atoms with Crippen molar-refractivity contribution in [2.45, 2.75) is 6.92 Å². The normalized spacial score (nSPS) is 11.1. The van der Waals surface area contributed by atoms with Gasteiger partial charge in [0.2, 0.25) is 4.77 Å². The minimum atomic E-state index is -0.951. The van der Waals surface area contributed by atoms with Crippen molar-refractivity contribution >= 4 is 24.4 Å². The number of rotatable bonds is 5. The molecule has 4 aromatic rings. The van der Waals surface area contributed by atoms with E-state index in [0.29, 0.717) is 10.6 Å². The molecule has 0 bridgehead atoms. The Hall–Kier alpha value is -3.84. The van der Waals surface area contributed by atoms with E-state index in [1.165, 1.54) is 0 Å². The maximum absolute atomic E-state index is 11.2. The zero-order valence-corrected chi connectivity index (χ0v) is 16.9. The van der Waals surface area contributed by atoms with Gasteiger partial charge in [-0.2, -0.15) is 14.9 Å². The van der Waals surface area contributed by atoms with Gasteiger partial charge in [-0.3, -0.25) is 0 Å².